The zero-order valence-corrected chi connectivity index (χ0v) is 9.63. The number of hydrogen-bond donors (Lipinski definition) is 2. The molecule has 0 aliphatic rings. The number of hydrogen-bond acceptors (Lipinski definition) is 3. The normalized spacial score (nSPS) is 10.5. The molecular formula is C11H23NO3. The van der Waals surface area contributed by atoms with Gasteiger partial charge in [-0.3, -0.25) is 4.79 Å². The van der Waals surface area contributed by atoms with Crippen molar-refractivity contribution in [3.05, 3.63) is 0 Å². The van der Waals surface area contributed by atoms with Gasteiger partial charge in [0.25, 0.3) is 0 Å². The molecule has 0 heterocycles. The maximum Gasteiger partial charge on any atom is 0.303 e. The topological polar surface area (TPSA) is 58.6 Å². The summed E-state index contributed by atoms with van der Waals surface area (Å²) in [5, 5.41) is 11.7. The Morgan fingerprint density at radius 2 is 1.80 bits per heavy atom. The van der Waals surface area contributed by atoms with Crippen molar-refractivity contribution >= 4 is 5.97 Å². The van der Waals surface area contributed by atoms with Crippen molar-refractivity contribution in [2.75, 3.05) is 26.8 Å². The predicted octanol–water partition coefficient (Wildman–Crippen LogP) is 1.65. The third-order valence-corrected chi connectivity index (χ3v) is 2.20. The van der Waals surface area contributed by atoms with Crippen LogP contribution in [0.25, 0.3) is 0 Å². The third kappa shape index (κ3) is 13.4. The average Bonchev–Trinajstić information content (AvgIpc) is 2.20. The Morgan fingerprint density at radius 1 is 1.13 bits per heavy atom. The molecule has 90 valence electrons. The summed E-state index contributed by atoms with van der Waals surface area (Å²) in [6, 6.07) is 0. The quantitative estimate of drug-likeness (QED) is 0.517. The number of carboxylic acids is 1. The van der Waals surface area contributed by atoms with E-state index in [1.54, 1.807) is 7.11 Å². The van der Waals surface area contributed by atoms with Crippen LogP contribution in [0.2, 0.25) is 0 Å². The molecule has 0 fully saturated rings. The number of carboxylic acid groups (broad SMARTS) is 1. The molecule has 0 bridgehead atoms. The Balaban J connectivity index is 2.89. The second-order valence-corrected chi connectivity index (χ2v) is 3.65. The molecule has 0 aromatic carbocycles. The van der Waals surface area contributed by atoms with Crippen LogP contribution in [0, 0.1) is 0 Å². The Labute approximate surface area is 92.0 Å². The van der Waals surface area contributed by atoms with E-state index in [9.17, 15) is 4.79 Å². The molecule has 0 rings (SSSR count). The van der Waals surface area contributed by atoms with E-state index in [0.717, 1.165) is 51.8 Å². The highest BCUT2D eigenvalue weighted by Crippen LogP contribution is 1.98. The molecule has 2 N–H and O–H groups in total. The van der Waals surface area contributed by atoms with Crippen LogP contribution in [0.1, 0.15) is 38.5 Å². The van der Waals surface area contributed by atoms with Gasteiger partial charge in [0.05, 0.1) is 0 Å². The van der Waals surface area contributed by atoms with Crippen molar-refractivity contribution in [2.24, 2.45) is 0 Å². The smallest absolute Gasteiger partial charge is 0.303 e. The van der Waals surface area contributed by atoms with E-state index in [4.69, 9.17) is 9.84 Å². The molecule has 0 aliphatic carbocycles. The largest absolute Gasteiger partial charge is 0.481 e. The average molecular weight is 217 g/mol. The van der Waals surface area contributed by atoms with Crippen LogP contribution in [0.4, 0.5) is 0 Å². The van der Waals surface area contributed by atoms with Gasteiger partial charge in [-0.25, -0.2) is 0 Å². The first kappa shape index (κ1) is 14.4. The zero-order valence-electron chi connectivity index (χ0n) is 9.63. The van der Waals surface area contributed by atoms with Crippen molar-refractivity contribution in [1.29, 1.82) is 0 Å². The van der Waals surface area contributed by atoms with E-state index < -0.39 is 5.97 Å². The number of unbranched alkanes of at least 4 members (excludes halogenated alkanes) is 3. The molecule has 0 atom stereocenters. The van der Waals surface area contributed by atoms with E-state index in [2.05, 4.69) is 5.32 Å². The van der Waals surface area contributed by atoms with Gasteiger partial charge >= 0.3 is 5.97 Å². The van der Waals surface area contributed by atoms with Crippen LogP contribution in [0.5, 0.6) is 0 Å². The first-order chi connectivity index (χ1) is 7.27. The summed E-state index contributed by atoms with van der Waals surface area (Å²) < 4.78 is 4.94. The zero-order chi connectivity index (χ0) is 11.4. The Morgan fingerprint density at radius 3 is 2.40 bits per heavy atom. The number of aliphatic carboxylic acids is 1. The van der Waals surface area contributed by atoms with Gasteiger partial charge < -0.3 is 15.2 Å². The molecule has 4 heteroatoms. The lowest BCUT2D eigenvalue weighted by molar-refractivity contribution is -0.137. The summed E-state index contributed by atoms with van der Waals surface area (Å²) in [5.41, 5.74) is 0. The number of methoxy groups -OCH3 is 1. The molecule has 0 aliphatic heterocycles. The van der Waals surface area contributed by atoms with Gasteiger partial charge in [0.15, 0.2) is 0 Å². The van der Waals surface area contributed by atoms with Crippen molar-refractivity contribution in [1.82, 2.24) is 5.32 Å². The van der Waals surface area contributed by atoms with Crippen molar-refractivity contribution in [2.45, 2.75) is 38.5 Å². The highest BCUT2D eigenvalue weighted by molar-refractivity contribution is 5.66. The summed E-state index contributed by atoms with van der Waals surface area (Å²) in [5.74, 6) is -0.692. The SMILES string of the molecule is COCCCCNCCCCCC(=O)O. The van der Waals surface area contributed by atoms with Gasteiger partial charge in [-0.05, 0) is 38.8 Å². The van der Waals surface area contributed by atoms with Gasteiger partial charge in [0.1, 0.15) is 0 Å². The fraction of sp³-hybridized carbons (Fsp3) is 0.909. The van der Waals surface area contributed by atoms with Gasteiger partial charge in [-0.1, -0.05) is 6.42 Å². The molecule has 0 radical (unpaired) electrons. The van der Waals surface area contributed by atoms with Gasteiger partial charge in [-0.2, -0.15) is 0 Å². The van der Waals surface area contributed by atoms with E-state index in [0.29, 0.717) is 6.42 Å². The van der Waals surface area contributed by atoms with E-state index >= 15 is 0 Å². The lowest BCUT2D eigenvalue weighted by Gasteiger charge is -2.03. The van der Waals surface area contributed by atoms with E-state index in [1.165, 1.54) is 0 Å². The molecular weight excluding hydrogens is 194 g/mol. The molecule has 0 unspecified atom stereocenters. The minimum absolute atomic E-state index is 0.299. The standard InChI is InChI=1S/C11H23NO3/c1-15-10-6-5-9-12-8-4-2-3-7-11(13)14/h12H,2-10H2,1H3,(H,13,14). The maximum atomic E-state index is 10.2. The van der Waals surface area contributed by atoms with Crippen LogP contribution >= 0.6 is 0 Å². The Bertz CT molecular complexity index is 151. The predicted molar refractivity (Wildman–Crippen MR) is 60.1 cm³/mol. The number of rotatable bonds is 11. The summed E-state index contributed by atoms with van der Waals surface area (Å²) in [4.78, 5) is 10.2. The number of carbonyl (C=O) groups is 1. The Kier molecular flexibility index (Phi) is 11.0. The minimum atomic E-state index is -0.692. The molecule has 4 nitrogen and oxygen atoms in total. The first-order valence-corrected chi connectivity index (χ1v) is 5.69. The molecule has 15 heavy (non-hydrogen) atoms. The van der Waals surface area contributed by atoms with Gasteiger partial charge in [0.2, 0.25) is 0 Å². The van der Waals surface area contributed by atoms with Crippen molar-refractivity contribution in [3.63, 3.8) is 0 Å². The molecule has 0 saturated heterocycles. The summed E-state index contributed by atoms with van der Waals surface area (Å²) in [6.07, 6.45) is 5.40. The van der Waals surface area contributed by atoms with E-state index in [-0.39, 0.29) is 0 Å². The van der Waals surface area contributed by atoms with Crippen LogP contribution in [-0.4, -0.2) is 37.9 Å². The molecule has 0 spiro atoms. The Hall–Kier alpha value is -0.610. The monoisotopic (exact) mass is 217 g/mol. The number of nitrogens with one attached hydrogen (secondary N) is 1. The lowest BCUT2D eigenvalue weighted by Crippen LogP contribution is -2.17. The van der Waals surface area contributed by atoms with Crippen LogP contribution in [0.3, 0.4) is 0 Å². The van der Waals surface area contributed by atoms with Crippen LogP contribution in [-0.2, 0) is 9.53 Å². The summed E-state index contributed by atoms with van der Waals surface area (Å²) in [7, 11) is 1.72. The van der Waals surface area contributed by atoms with Crippen molar-refractivity contribution in [3.8, 4) is 0 Å². The van der Waals surface area contributed by atoms with E-state index in [1.807, 2.05) is 0 Å². The summed E-state index contributed by atoms with van der Waals surface area (Å²) in [6.45, 7) is 2.86. The van der Waals surface area contributed by atoms with Crippen LogP contribution < -0.4 is 5.32 Å². The van der Waals surface area contributed by atoms with Gasteiger partial charge in [-0.15, -0.1) is 0 Å². The van der Waals surface area contributed by atoms with Crippen LogP contribution in [0.15, 0.2) is 0 Å². The molecule has 0 amide bonds. The second kappa shape index (κ2) is 11.5. The summed E-state index contributed by atoms with van der Waals surface area (Å²) >= 11 is 0. The highest BCUT2D eigenvalue weighted by Gasteiger charge is 1.95. The second-order valence-electron chi connectivity index (χ2n) is 3.65. The van der Waals surface area contributed by atoms with Crippen molar-refractivity contribution < 1.29 is 14.6 Å². The third-order valence-electron chi connectivity index (χ3n) is 2.20. The first-order valence-electron chi connectivity index (χ1n) is 5.69. The van der Waals surface area contributed by atoms with Gasteiger partial charge in [0, 0.05) is 20.1 Å². The fourth-order valence-electron chi connectivity index (χ4n) is 1.32. The highest BCUT2D eigenvalue weighted by atomic mass is 16.5. The fourth-order valence-corrected chi connectivity index (χ4v) is 1.32. The molecule has 0 aromatic heterocycles. The lowest BCUT2D eigenvalue weighted by atomic mass is 10.2. The minimum Gasteiger partial charge on any atom is -0.481 e. The molecule has 0 saturated carbocycles. The maximum absolute atomic E-state index is 10.2. The number of ether oxygens (including phenoxy) is 1. The molecule has 0 aromatic rings.